The molecule has 5 nitrogen and oxygen atoms in total. The highest BCUT2D eigenvalue weighted by Crippen LogP contribution is 2.25. The van der Waals surface area contributed by atoms with Gasteiger partial charge in [-0.2, -0.15) is 0 Å². The Hall–Kier alpha value is -2.53. The number of hydrogen-bond donors (Lipinski definition) is 2. The number of nitrogens with one attached hydrogen (secondary N) is 2. The minimum Gasteiger partial charge on any atom is -0.352 e. The van der Waals surface area contributed by atoms with Crippen molar-refractivity contribution in [3.05, 3.63) is 64.7 Å². The van der Waals surface area contributed by atoms with Gasteiger partial charge in [-0.25, -0.2) is 4.79 Å². The van der Waals surface area contributed by atoms with Crippen molar-refractivity contribution < 1.29 is 9.59 Å². The number of anilines is 1. The molecule has 3 amide bonds. The first-order valence-corrected chi connectivity index (χ1v) is 8.10. The molecule has 1 saturated heterocycles. The summed E-state index contributed by atoms with van der Waals surface area (Å²) in [6.07, 6.45) is 0. The summed E-state index contributed by atoms with van der Waals surface area (Å²) in [6.45, 7) is 2.83. The van der Waals surface area contributed by atoms with Crippen molar-refractivity contribution in [2.45, 2.75) is 13.0 Å². The second kappa shape index (κ2) is 6.93. The zero-order valence-electron chi connectivity index (χ0n) is 13.3. The molecule has 0 bridgehead atoms. The van der Waals surface area contributed by atoms with Crippen molar-refractivity contribution in [2.75, 3.05) is 18.4 Å². The number of hydrogen-bond acceptors (Lipinski definition) is 2. The Labute approximate surface area is 145 Å². The Morgan fingerprint density at radius 2 is 2.04 bits per heavy atom. The molecule has 0 aliphatic carbocycles. The van der Waals surface area contributed by atoms with Crippen LogP contribution in [0.25, 0.3) is 0 Å². The van der Waals surface area contributed by atoms with Gasteiger partial charge < -0.3 is 15.5 Å². The second-order valence-corrected chi connectivity index (χ2v) is 6.18. The van der Waals surface area contributed by atoms with Crippen LogP contribution in [0.1, 0.15) is 17.2 Å². The summed E-state index contributed by atoms with van der Waals surface area (Å²) in [4.78, 5) is 26.6. The number of halogens is 1. The molecule has 1 fully saturated rings. The first-order chi connectivity index (χ1) is 11.5. The van der Waals surface area contributed by atoms with Crippen LogP contribution in [0, 0.1) is 6.92 Å². The van der Waals surface area contributed by atoms with Gasteiger partial charge in [-0.15, -0.1) is 0 Å². The number of piperazine rings is 1. The van der Waals surface area contributed by atoms with Gasteiger partial charge in [0, 0.05) is 23.8 Å². The normalized spacial score (nSPS) is 17.3. The monoisotopic (exact) mass is 343 g/mol. The van der Waals surface area contributed by atoms with Gasteiger partial charge in [0.25, 0.3) is 0 Å². The highest BCUT2D eigenvalue weighted by Gasteiger charge is 2.34. The van der Waals surface area contributed by atoms with E-state index < -0.39 is 6.04 Å². The van der Waals surface area contributed by atoms with Crippen LogP contribution in [0.4, 0.5) is 10.5 Å². The van der Waals surface area contributed by atoms with E-state index in [4.69, 9.17) is 11.6 Å². The highest BCUT2D eigenvalue weighted by atomic mass is 35.5. The summed E-state index contributed by atoms with van der Waals surface area (Å²) < 4.78 is 0. The van der Waals surface area contributed by atoms with Crippen LogP contribution < -0.4 is 10.6 Å². The third-order valence-electron chi connectivity index (χ3n) is 3.91. The number of benzene rings is 2. The molecule has 0 spiro atoms. The van der Waals surface area contributed by atoms with E-state index in [-0.39, 0.29) is 11.9 Å². The number of nitrogens with zero attached hydrogens (tertiary/aromatic N) is 1. The zero-order valence-corrected chi connectivity index (χ0v) is 14.0. The van der Waals surface area contributed by atoms with E-state index in [1.54, 1.807) is 29.2 Å². The Morgan fingerprint density at radius 1 is 1.25 bits per heavy atom. The van der Waals surface area contributed by atoms with Gasteiger partial charge in [0.15, 0.2) is 0 Å². The largest absolute Gasteiger partial charge is 0.352 e. The van der Waals surface area contributed by atoms with Crippen molar-refractivity contribution in [1.82, 2.24) is 10.2 Å². The first-order valence-electron chi connectivity index (χ1n) is 7.72. The average Bonchev–Trinajstić information content (AvgIpc) is 2.54. The zero-order chi connectivity index (χ0) is 17.1. The van der Waals surface area contributed by atoms with E-state index in [1.807, 2.05) is 31.2 Å². The summed E-state index contributed by atoms with van der Waals surface area (Å²) in [7, 11) is 0. The molecule has 124 valence electrons. The van der Waals surface area contributed by atoms with E-state index in [0.717, 1.165) is 11.1 Å². The fourth-order valence-electron chi connectivity index (χ4n) is 2.82. The molecule has 0 radical (unpaired) electrons. The van der Waals surface area contributed by atoms with Gasteiger partial charge in [-0.1, -0.05) is 47.5 Å². The summed E-state index contributed by atoms with van der Waals surface area (Å²) in [5.41, 5.74) is 2.44. The highest BCUT2D eigenvalue weighted by molar-refractivity contribution is 6.30. The second-order valence-electron chi connectivity index (χ2n) is 5.74. The van der Waals surface area contributed by atoms with Crippen LogP contribution in [0.3, 0.4) is 0 Å². The molecular weight excluding hydrogens is 326 g/mol. The average molecular weight is 344 g/mol. The van der Waals surface area contributed by atoms with Crippen LogP contribution >= 0.6 is 11.6 Å². The topological polar surface area (TPSA) is 61.4 Å². The van der Waals surface area contributed by atoms with Gasteiger partial charge >= 0.3 is 6.03 Å². The van der Waals surface area contributed by atoms with Gasteiger partial charge in [-0.05, 0) is 30.7 Å². The van der Waals surface area contributed by atoms with Crippen molar-refractivity contribution in [2.24, 2.45) is 0 Å². The molecule has 1 heterocycles. The molecule has 0 aromatic heterocycles. The number of carbonyl (C=O) groups is 2. The van der Waals surface area contributed by atoms with Crippen LogP contribution in [0.2, 0.25) is 5.02 Å². The van der Waals surface area contributed by atoms with E-state index in [0.29, 0.717) is 23.8 Å². The molecular formula is C18H18ClN3O2. The minimum absolute atomic E-state index is 0.173. The van der Waals surface area contributed by atoms with Crippen LogP contribution in [0.5, 0.6) is 0 Å². The molecule has 3 rings (SSSR count). The number of amides is 3. The lowest BCUT2D eigenvalue weighted by molar-refractivity contribution is -0.127. The number of aryl methyl sites for hydroxylation is 1. The van der Waals surface area contributed by atoms with Crippen molar-refractivity contribution in [3.63, 3.8) is 0 Å². The Bertz CT molecular complexity index is 778. The number of urea groups is 1. The molecule has 24 heavy (non-hydrogen) atoms. The van der Waals surface area contributed by atoms with Crippen molar-refractivity contribution in [3.8, 4) is 0 Å². The summed E-state index contributed by atoms with van der Waals surface area (Å²) >= 11 is 5.95. The standard InChI is InChI=1S/C18H18ClN3O2/c1-12-4-2-5-13(10-12)16-17(23)20-8-9-22(16)18(24)21-15-7-3-6-14(19)11-15/h2-7,10-11,16H,8-9H2,1H3,(H,20,23)(H,21,24). The molecule has 2 aromatic carbocycles. The Kier molecular flexibility index (Phi) is 4.71. The van der Waals surface area contributed by atoms with Crippen molar-refractivity contribution in [1.29, 1.82) is 0 Å². The fourth-order valence-corrected chi connectivity index (χ4v) is 3.01. The fraction of sp³-hybridized carbons (Fsp3) is 0.222. The molecule has 2 N–H and O–H groups in total. The first kappa shape index (κ1) is 16.3. The maximum Gasteiger partial charge on any atom is 0.322 e. The predicted molar refractivity (Wildman–Crippen MR) is 94.1 cm³/mol. The van der Waals surface area contributed by atoms with E-state index in [1.165, 1.54) is 0 Å². The molecule has 1 aliphatic heterocycles. The predicted octanol–water partition coefficient (Wildman–Crippen LogP) is 3.35. The lowest BCUT2D eigenvalue weighted by Gasteiger charge is -2.35. The van der Waals surface area contributed by atoms with Gasteiger partial charge in [-0.3, -0.25) is 4.79 Å². The van der Waals surface area contributed by atoms with Crippen molar-refractivity contribution >= 4 is 29.2 Å². The Morgan fingerprint density at radius 3 is 2.79 bits per heavy atom. The van der Waals surface area contributed by atoms with Crippen LogP contribution in [-0.2, 0) is 4.79 Å². The lowest BCUT2D eigenvalue weighted by Crippen LogP contribution is -2.53. The van der Waals surface area contributed by atoms with Gasteiger partial charge in [0.1, 0.15) is 6.04 Å². The third kappa shape index (κ3) is 3.51. The van der Waals surface area contributed by atoms with Crippen LogP contribution in [0.15, 0.2) is 48.5 Å². The summed E-state index contributed by atoms with van der Waals surface area (Å²) in [6, 6.07) is 13.6. The maximum atomic E-state index is 12.7. The number of carbonyl (C=O) groups excluding carboxylic acids is 2. The molecule has 1 unspecified atom stereocenters. The molecule has 1 aliphatic rings. The van der Waals surface area contributed by atoms with Gasteiger partial charge in [0.05, 0.1) is 0 Å². The molecule has 0 saturated carbocycles. The molecule has 2 aromatic rings. The van der Waals surface area contributed by atoms with E-state index in [9.17, 15) is 9.59 Å². The van der Waals surface area contributed by atoms with E-state index >= 15 is 0 Å². The SMILES string of the molecule is Cc1cccc(C2C(=O)NCCN2C(=O)Nc2cccc(Cl)c2)c1. The number of rotatable bonds is 2. The maximum absolute atomic E-state index is 12.7. The summed E-state index contributed by atoms with van der Waals surface area (Å²) in [5, 5.41) is 6.18. The molecule has 1 atom stereocenters. The van der Waals surface area contributed by atoms with Gasteiger partial charge in [0.2, 0.25) is 5.91 Å². The molecule has 6 heteroatoms. The quantitative estimate of drug-likeness (QED) is 0.878. The lowest BCUT2D eigenvalue weighted by atomic mass is 10.0. The Balaban J connectivity index is 1.86. The smallest absolute Gasteiger partial charge is 0.322 e. The minimum atomic E-state index is -0.641. The van der Waals surface area contributed by atoms with Crippen LogP contribution in [-0.4, -0.2) is 29.9 Å². The summed E-state index contributed by atoms with van der Waals surface area (Å²) in [5.74, 6) is -0.173. The third-order valence-corrected chi connectivity index (χ3v) is 4.14. The van der Waals surface area contributed by atoms with E-state index in [2.05, 4.69) is 10.6 Å².